The van der Waals surface area contributed by atoms with Crippen molar-refractivity contribution in [2.45, 2.75) is 10.3 Å². The van der Waals surface area contributed by atoms with Crippen molar-refractivity contribution in [3.8, 4) is 0 Å². The van der Waals surface area contributed by atoms with E-state index in [0.29, 0.717) is 10.7 Å². The summed E-state index contributed by atoms with van der Waals surface area (Å²) < 4.78 is -1.08. The number of hydrogen-bond donors (Lipinski definition) is 1. The van der Waals surface area contributed by atoms with E-state index in [4.69, 9.17) is 34.8 Å². The average Bonchev–Trinajstić information content (AvgIpc) is 3.05. The molecule has 0 aromatic heterocycles. The molecule has 0 saturated heterocycles. The number of benzene rings is 2. The van der Waals surface area contributed by atoms with E-state index in [9.17, 15) is 4.79 Å². The number of nitrogens with one attached hydrogen (secondary N) is 1. The smallest absolute Gasteiger partial charge is 0.231 e. The summed E-state index contributed by atoms with van der Waals surface area (Å²) in [4.78, 5) is 12.4. The van der Waals surface area contributed by atoms with Gasteiger partial charge < -0.3 is 5.32 Å². The van der Waals surface area contributed by atoms with Crippen LogP contribution < -0.4 is 5.32 Å². The number of hydrogen-bond acceptors (Lipinski definition) is 1. The van der Waals surface area contributed by atoms with Crippen molar-refractivity contribution < 1.29 is 4.79 Å². The summed E-state index contributed by atoms with van der Waals surface area (Å²) in [6.45, 7) is 0. The molecule has 0 aliphatic heterocycles. The fourth-order valence-corrected chi connectivity index (χ4v) is 3.51. The molecule has 1 aliphatic carbocycles. The number of rotatable bonds is 3. The standard InChI is InChI=1S/C16H12Cl3NO/c17-11-8-4-5-9-12(11)20-15(21)14-13(16(14,18)19)10-6-2-1-3-7-10/h1-9,13-14H,(H,20,21)/t13-,14+/m0/s1. The van der Waals surface area contributed by atoms with Gasteiger partial charge in [-0.1, -0.05) is 54.1 Å². The average molecular weight is 341 g/mol. The largest absolute Gasteiger partial charge is 0.324 e. The van der Waals surface area contributed by atoms with Gasteiger partial charge in [0.25, 0.3) is 0 Å². The van der Waals surface area contributed by atoms with Gasteiger partial charge in [-0.15, -0.1) is 23.2 Å². The molecule has 0 bridgehead atoms. The molecule has 2 aromatic carbocycles. The lowest BCUT2D eigenvalue weighted by molar-refractivity contribution is -0.117. The van der Waals surface area contributed by atoms with Crippen molar-refractivity contribution in [3.05, 3.63) is 65.2 Å². The van der Waals surface area contributed by atoms with Crippen molar-refractivity contribution in [2.24, 2.45) is 5.92 Å². The highest BCUT2D eigenvalue weighted by Crippen LogP contribution is 2.65. The number of carbonyl (C=O) groups is 1. The summed E-state index contributed by atoms with van der Waals surface area (Å²) >= 11 is 18.6. The van der Waals surface area contributed by atoms with Crippen molar-refractivity contribution in [3.63, 3.8) is 0 Å². The minimum Gasteiger partial charge on any atom is -0.324 e. The van der Waals surface area contributed by atoms with E-state index in [1.54, 1.807) is 24.3 Å². The van der Waals surface area contributed by atoms with E-state index in [1.165, 1.54) is 0 Å². The second kappa shape index (κ2) is 5.53. The molecule has 0 spiro atoms. The Bertz CT molecular complexity index is 672. The van der Waals surface area contributed by atoms with Gasteiger partial charge in [0.1, 0.15) is 4.33 Å². The molecule has 21 heavy (non-hydrogen) atoms. The molecule has 0 unspecified atom stereocenters. The Morgan fingerprint density at radius 1 is 1.00 bits per heavy atom. The highest BCUT2D eigenvalue weighted by atomic mass is 35.5. The summed E-state index contributed by atoms with van der Waals surface area (Å²) in [5.74, 6) is -0.911. The van der Waals surface area contributed by atoms with Gasteiger partial charge in [-0.05, 0) is 17.7 Å². The Morgan fingerprint density at radius 2 is 1.62 bits per heavy atom. The van der Waals surface area contributed by atoms with Gasteiger partial charge in [0, 0.05) is 5.92 Å². The SMILES string of the molecule is O=C(Nc1ccccc1Cl)[C@H]1[C@H](c2ccccc2)C1(Cl)Cl. The second-order valence-electron chi connectivity index (χ2n) is 5.01. The molecule has 2 nitrogen and oxygen atoms in total. The predicted octanol–water partition coefficient (Wildman–Crippen LogP) is 4.87. The van der Waals surface area contributed by atoms with Crippen LogP contribution in [0.3, 0.4) is 0 Å². The zero-order valence-electron chi connectivity index (χ0n) is 10.9. The van der Waals surface area contributed by atoms with Crippen LogP contribution in [0.4, 0.5) is 5.69 Å². The van der Waals surface area contributed by atoms with Gasteiger partial charge in [-0.2, -0.15) is 0 Å². The number of amides is 1. The van der Waals surface area contributed by atoms with Crippen LogP contribution in [0.25, 0.3) is 0 Å². The summed E-state index contributed by atoms with van der Waals surface area (Å²) in [5.41, 5.74) is 1.52. The van der Waals surface area contributed by atoms with Crippen LogP contribution in [-0.4, -0.2) is 10.2 Å². The number of para-hydroxylation sites is 1. The maximum atomic E-state index is 12.4. The number of anilines is 1. The lowest BCUT2D eigenvalue weighted by Crippen LogP contribution is -2.17. The third-order valence-corrected chi connectivity index (χ3v) is 4.90. The molecule has 2 aromatic rings. The van der Waals surface area contributed by atoms with E-state index < -0.39 is 10.3 Å². The third-order valence-electron chi connectivity index (χ3n) is 3.63. The fourth-order valence-electron chi connectivity index (χ4n) is 2.50. The molecule has 1 fully saturated rings. The topological polar surface area (TPSA) is 29.1 Å². The Hall–Kier alpha value is -1.22. The maximum absolute atomic E-state index is 12.4. The third kappa shape index (κ3) is 2.76. The number of carbonyl (C=O) groups excluding carboxylic acids is 1. The van der Waals surface area contributed by atoms with Crippen molar-refractivity contribution in [2.75, 3.05) is 5.32 Å². The van der Waals surface area contributed by atoms with Gasteiger partial charge in [0.2, 0.25) is 5.91 Å². The summed E-state index contributed by atoms with van der Waals surface area (Å²) in [6.07, 6.45) is 0. The van der Waals surface area contributed by atoms with Crippen LogP contribution in [0.15, 0.2) is 54.6 Å². The first-order valence-corrected chi connectivity index (χ1v) is 7.63. The number of alkyl halides is 2. The lowest BCUT2D eigenvalue weighted by atomic mass is 10.1. The van der Waals surface area contributed by atoms with Crippen LogP contribution in [0.2, 0.25) is 5.02 Å². The minimum absolute atomic E-state index is 0.204. The Balaban J connectivity index is 1.79. The van der Waals surface area contributed by atoms with Crippen molar-refractivity contribution >= 4 is 46.4 Å². The van der Waals surface area contributed by atoms with Crippen LogP contribution in [0.5, 0.6) is 0 Å². The Kier molecular flexibility index (Phi) is 3.87. The van der Waals surface area contributed by atoms with E-state index in [-0.39, 0.29) is 11.8 Å². The Labute approximate surface area is 138 Å². The molecule has 0 heterocycles. The minimum atomic E-state index is -1.08. The molecule has 1 N–H and O–H groups in total. The normalized spacial score (nSPS) is 22.6. The molecule has 1 aliphatic rings. The molecule has 0 radical (unpaired) electrons. The predicted molar refractivity (Wildman–Crippen MR) is 87.2 cm³/mol. The first-order chi connectivity index (χ1) is 10.0. The highest BCUT2D eigenvalue weighted by Gasteiger charge is 2.67. The zero-order chi connectivity index (χ0) is 15.0. The summed E-state index contributed by atoms with van der Waals surface area (Å²) in [5, 5.41) is 3.27. The molecule has 1 amide bonds. The summed E-state index contributed by atoms with van der Waals surface area (Å²) in [7, 11) is 0. The van der Waals surface area contributed by atoms with Gasteiger partial charge in [0.05, 0.1) is 16.6 Å². The van der Waals surface area contributed by atoms with Gasteiger partial charge in [0.15, 0.2) is 0 Å². The molecule has 5 heteroatoms. The molecule has 3 rings (SSSR count). The first kappa shape index (κ1) is 14.7. The zero-order valence-corrected chi connectivity index (χ0v) is 13.2. The molecular weight excluding hydrogens is 329 g/mol. The van der Waals surface area contributed by atoms with Gasteiger partial charge in [-0.3, -0.25) is 4.79 Å². The fraction of sp³-hybridized carbons (Fsp3) is 0.188. The second-order valence-corrected chi connectivity index (χ2v) is 6.86. The van der Waals surface area contributed by atoms with E-state index in [2.05, 4.69) is 5.32 Å². The first-order valence-electron chi connectivity index (χ1n) is 6.50. The maximum Gasteiger partial charge on any atom is 0.231 e. The van der Waals surface area contributed by atoms with Crippen LogP contribution in [-0.2, 0) is 4.79 Å². The van der Waals surface area contributed by atoms with Crippen LogP contribution in [0.1, 0.15) is 11.5 Å². The van der Waals surface area contributed by atoms with Crippen LogP contribution in [0, 0.1) is 5.92 Å². The molecule has 2 atom stereocenters. The van der Waals surface area contributed by atoms with Crippen molar-refractivity contribution in [1.29, 1.82) is 0 Å². The van der Waals surface area contributed by atoms with Crippen LogP contribution >= 0.6 is 34.8 Å². The number of halogens is 3. The van der Waals surface area contributed by atoms with E-state index in [1.807, 2.05) is 30.3 Å². The van der Waals surface area contributed by atoms with Gasteiger partial charge in [-0.25, -0.2) is 0 Å². The van der Waals surface area contributed by atoms with Gasteiger partial charge >= 0.3 is 0 Å². The van der Waals surface area contributed by atoms with E-state index in [0.717, 1.165) is 5.56 Å². The molecule has 1 saturated carbocycles. The molecule has 108 valence electrons. The Morgan fingerprint density at radius 3 is 2.29 bits per heavy atom. The summed E-state index contributed by atoms with van der Waals surface area (Å²) in [6, 6.07) is 16.6. The van der Waals surface area contributed by atoms with E-state index >= 15 is 0 Å². The molecular formula is C16H12Cl3NO. The lowest BCUT2D eigenvalue weighted by Gasteiger charge is -2.06. The quantitative estimate of drug-likeness (QED) is 0.794. The van der Waals surface area contributed by atoms with Crippen molar-refractivity contribution in [1.82, 2.24) is 0 Å². The monoisotopic (exact) mass is 339 g/mol. The highest BCUT2D eigenvalue weighted by molar-refractivity contribution is 6.53.